The van der Waals surface area contributed by atoms with Gasteiger partial charge in [0.2, 0.25) is 11.8 Å². The number of carbonyl (C=O) groups is 2. The van der Waals surface area contributed by atoms with Gasteiger partial charge in [0.15, 0.2) is 0 Å². The van der Waals surface area contributed by atoms with E-state index < -0.39 is 0 Å². The zero-order chi connectivity index (χ0) is 24.2. The predicted molar refractivity (Wildman–Crippen MR) is 129 cm³/mol. The Morgan fingerprint density at radius 2 is 1.74 bits per heavy atom. The molecular formula is C23H27ClN8O2. The zero-order valence-electron chi connectivity index (χ0n) is 19.4. The van der Waals surface area contributed by atoms with Crippen molar-refractivity contribution in [1.82, 2.24) is 29.6 Å². The minimum Gasteiger partial charge on any atom is -0.310 e. The molecule has 0 spiro atoms. The average Bonchev–Trinajstić information content (AvgIpc) is 3.15. The molecule has 1 fully saturated rings. The smallest absolute Gasteiger partial charge is 0.252 e. The van der Waals surface area contributed by atoms with Gasteiger partial charge in [-0.2, -0.15) is 9.78 Å². The molecule has 0 unspecified atom stereocenters. The Balaban J connectivity index is 1.31. The summed E-state index contributed by atoms with van der Waals surface area (Å²) in [6, 6.07) is 7.04. The van der Waals surface area contributed by atoms with E-state index in [0.717, 1.165) is 17.1 Å². The van der Waals surface area contributed by atoms with Crippen LogP contribution in [0.15, 0.2) is 30.5 Å². The molecule has 34 heavy (non-hydrogen) atoms. The summed E-state index contributed by atoms with van der Waals surface area (Å²) in [4.78, 5) is 40.3. The second-order valence-corrected chi connectivity index (χ2v) is 8.92. The van der Waals surface area contributed by atoms with Gasteiger partial charge < -0.3 is 10.6 Å². The van der Waals surface area contributed by atoms with Crippen LogP contribution in [0.3, 0.4) is 0 Å². The van der Waals surface area contributed by atoms with Gasteiger partial charge in [-0.25, -0.2) is 15.0 Å². The van der Waals surface area contributed by atoms with Gasteiger partial charge in [-0.3, -0.25) is 14.5 Å². The van der Waals surface area contributed by atoms with Crippen LogP contribution in [0.1, 0.15) is 29.9 Å². The van der Waals surface area contributed by atoms with Crippen molar-refractivity contribution in [3.8, 4) is 5.95 Å². The number of piperidine rings is 1. The maximum atomic E-state index is 12.8. The van der Waals surface area contributed by atoms with E-state index in [1.165, 1.54) is 6.20 Å². The zero-order valence-corrected chi connectivity index (χ0v) is 20.1. The van der Waals surface area contributed by atoms with Crippen molar-refractivity contribution in [2.24, 2.45) is 5.92 Å². The summed E-state index contributed by atoms with van der Waals surface area (Å²) in [7, 11) is 0. The van der Waals surface area contributed by atoms with Crippen molar-refractivity contribution in [1.29, 1.82) is 0 Å². The number of anilines is 2. The van der Waals surface area contributed by atoms with Gasteiger partial charge in [0, 0.05) is 29.6 Å². The Kier molecular flexibility index (Phi) is 7.18. The number of nitrogens with zero attached hydrogens (tertiary/aromatic N) is 6. The van der Waals surface area contributed by atoms with Gasteiger partial charge in [-0.05, 0) is 64.9 Å². The molecule has 1 aliphatic rings. The molecule has 4 heterocycles. The van der Waals surface area contributed by atoms with Crippen molar-refractivity contribution < 1.29 is 9.59 Å². The van der Waals surface area contributed by atoms with Crippen LogP contribution in [0, 0.1) is 26.7 Å². The van der Waals surface area contributed by atoms with E-state index in [2.05, 4.69) is 30.7 Å². The highest BCUT2D eigenvalue weighted by molar-refractivity contribution is 6.30. The highest BCUT2D eigenvalue weighted by Crippen LogP contribution is 2.20. The summed E-state index contributed by atoms with van der Waals surface area (Å²) < 4.78 is 1.55. The lowest BCUT2D eigenvalue weighted by Gasteiger charge is -2.30. The molecule has 178 valence electrons. The van der Waals surface area contributed by atoms with Crippen LogP contribution in [0.2, 0.25) is 5.02 Å². The number of aryl methyl sites for hydroxylation is 3. The summed E-state index contributed by atoms with van der Waals surface area (Å²) in [6.07, 6.45) is 2.83. The van der Waals surface area contributed by atoms with E-state index in [4.69, 9.17) is 11.6 Å². The fourth-order valence-electron chi connectivity index (χ4n) is 3.96. The summed E-state index contributed by atoms with van der Waals surface area (Å²) in [5.74, 6) is 1.09. The molecule has 0 saturated carbocycles. The number of nitrogens with one attached hydrogen (secondary N) is 2. The Hall–Kier alpha value is -3.37. The fourth-order valence-corrected chi connectivity index (χ4v) is 4.07. The second-order valence-electron chi connectivity index (χ2n) is 8.48. The lowest BCUT2D eigenvalue weighted by atomic mass is 9.96. The third-order valence-corrected chi connectivity index (χ3v) is 5.79. The minimum atomic E-state index is -0.154. The molecule has 0 atom stereocenters. The van der Waals surface area contributed by atoms with Gasteiger partial charge >= 0.3 is 0 Å². The van der Waals surface area contributed by atoms with Crippen molar-refractivity contribution in [2.75, 3.05) is 30.3 Å². The predicted octanol–water partition coefficient (Wildman–Crippen LogP) is 2.93. The van der Waals surface area contributed by atoms with E-state index >= 15 is 0 Å². The largest absolute Gasteiger partial charge is 0.310 e. The van der Waals surface area contributed by atoms with Crippen molar-refractivity contribution in [3.05, 3.63) is 52.6 Å². The third-order valence-electron chi connectivity index (χ3n) is 5.56. The number of likely N-dealkylation sites (tertiary alicyclic amines) is 1. The highest BCUT2D eigenvalue weighted by Gasteiger charge is 2.26. The van der Waals surface area contributed by atoms with Gasteiger partial charge in [0.25, 0.3) is 5.95 Å². The molecule has 0 aliphatic carbocycles. The van der Waals surface area contributed by atoms with Crippen molar-refractivity contribution >= 4 is 35.1 Å². The number of carbonyl (C=O) groups excluding carboxylic acids is 2. The Morgan fingerprint density at radius 3 is 2.38 bits per heavy atom. The quantitative estimate of drug-likeness (QED) is 0.554. The maximum Gasteiger partial charge on any atom is 0.252 e. The first-order valence-corrected chi connectivity index (χ1v) is 11.5. The van der Waals surface area contributed by atoms with Gasteiger partial charge in [-0.15, -0.1) is 0 Å². The van der Waals surface area contributed by atoms with E-state index in [-0.39, 0.29) is 24.3 Å². The van der Waals surface area contributed by atoms with Crippen LogP contribution >= 0.6 is 11.6 Å². The van der Waals surface area contributed by atoms with Crippen LogP contribution in [0.25, 0.3) is 5.95 Å². The maximum absolute atomic E-state index is 12.8. The summed E-state index contributed by atoms with van der Waals surface area (Å²) in [5.41, 5.74) is 2.40. The molecule has 1 aliphatic heterocycles. The first-order chi connectivity index (χ1) is 16.3. The summed E-state index contributed by atoms with van der Waals surface area (Å²) in [5, 5.41) is 10.7. The van der Waals surface area contributed by atoms with Crippen LogP contribution in [0.4, 0.5) is 11.6 Å². The van der Waals surface area contributed by atoms with Crippen LogP contribution < -0.4 is 10.6 Å². The van der Waals surface area contributed by atoms with Crippen molar-refractivity contribution in [2.45, 2.75) is 33.6 Å². The van der Waals surface area contributed by atoms with E-state index in [0.29, 0.717) is 48.5 Å². The Bertz CT molecular complexity index is 1170. The van der Waals surface area contributed by atoms with E-state index in [1.54, 1.807) is 22.9 Å². The standard InChI is InChI=1S/C23H27ClN8O2/c1-14-10-15(2)27-23(26-14)32-20(11-16(3)30-32)29-21(33)13-31-8-6-17(7-9-31)22(34)28-19-5-4-18(24)12-25-19/h4-5,10-12,17H,6-9,13H2,1-3H3,(H,29,33)(H,25,28,34). The Morgan fingerprint density at radius 1 is 1.03 bits per heavy atom. The van der Waals surface area contributed by atoms with Gasteiger partial charge in [-0.1, -0.05) is 11.6 Å². The summed E-state index contributed by atoms with van der Waals surface area (Å²) in [6.45, 7) is 7.16. The number of hydrogen-bond donors (Lipinski definition) is 2. The lowest BCUT2D eigenvalue weighted by Crippen LogP contribution is -2.42. The second kappa shape index (κ2) is 10.3. The Labute approximate surface area is 202 Å². The van der Waals surface area contributed by atoms with Crippen LogP contribution in [-0.2, 0) is 9.59 Å². The highest BCUT2D eigenvalue weighted by atomic mass is 35.5. The molecule has 11 heteroatoms. The number of rotatable bonds is 6. The molecule has 2 N–H and O–H groups in total. The molecule has 0 radical (unpaired) electrons. The van der Waals surface area contributed by atoms with Crippen LogP contribution in [-0.4, -0.2) is 61.1 Å². The molecule has 3 aromatic rings. The van der Waals surface area contributed by atoms with E-state index in [1.807, 2.05) is 31.7 Å². The van der Waals surface area contributed by atoms with Crippen LogP contribution in [0.5, 0.6) is 0 Å². The molecule has 0 aromatic carbocycles. The number of hydrogen-bond acceptors (Lipinski definition) is 7. The molecule has 2 amide bonds. The lowest BCUT2D eigenvalue weighted by molar-refractivity contribution is -0.121. The molecule has 0 bridgehead atoms. The minimum absolute atomic E-state index is 0.0632. The van der Waals surface area contributed by atoms with E-state index in [9.17, 15) is 9.59 Å². The first kappa shape index (κ1) is 23.8. The molecule has 1 saturated heterocycles. The SMILES string of the molecule is Cc1cc(C)nc(-n2nc(C)cc2NC(=O)CN2CCC(C(=O)Nc3ccc(Cl)cn3)CC2)n1. The molecule has 3 aromatic heterocycles. The van der Waals surface area contributed by atoms with Gasteiger partial charge in [0.1, 0.15) is 11.6 Å². The molecule has 10 nitrogen and oxygen atoms in total. The summed E-state index contributed by atoms with van der Waals surface area (Å²) >= 11 is 5.83. The number of aromatic nitrogens is 5. The van der Waals surface area contributed by atoms with Crippen molar-refractivity contribution in [3.63, 3.8) is 0 Å². The monoisotopic (exact) mass is 482 g/mol. The fraction of sp³-hybridized carbons (Fsp3) is 0.391. The normalized spacial score (nSPS) is 14.7. The third kappa shape index (κ3) is 5.95. The number of halogens is 1. The molecule has 4 rings (SSSR count). The first-order valence-electron chi connectivity index (χ1n) is 11.1. The number of amides is 2. The number of pyridine rings is 1. The average molecular weight is 483 g/mol. The van der Waals surface area contributed by atoms with Gasteiger partial charge in [0.05, 0.1) is 17.3 Å². The topological polar surface area (TPSA) is 118 Å². The molecular weight excluding hydrogens is 456 g/mol.